The summed E-state index contributed by atoms with van der Waals surface area (Å²) in [6.07, 6.45) is 0.153. The van der Waals surface area contributed by atoms with Crippen LogP contribution in [0, 0.1) is 5.92 Å². The maximum atomic E-state index is 11.9. The summed E-state index contributed by atoms with van der Waals surface area (Å²) in [4.78, 5) is 11.9. The van der Waals surface area contributed by atoms with Gasteiger partial charge in [-0.05, 0) is 44.7 Å². The Morgan fingerprint density at radius 1 is 1.21 bits per heavy atom. The highest BCUT2D eigenvalue weighted by molar-refractivity contribution is 5.92. The van der Waals surface area contributed by atoms with Crippen molar-refractivity contribution in [3.05, 3.63) is 24.3 Å². The monoisotopic (exact) mass is 264 g/mol. The topological polar surface area (TPSA) is 50.4 Å². The number of anilines is 1. The van der Waals surface area contributed by atoms with Crippen LogP contribution in [0.5, 0.6) is 5.75 Å². The van der Waals surface area contributed by atoms with E-state index < -0.39 is 0 Å². The van der Waals surface area contributed by atoms with E-state index in [1.54, 1.807) is 0 Å². The van der Waals surface area contributed by atoms with E-state index in [1.807, 2.05) is 52.0 Å². The van der Waals surface area contributed by atoms with Crippen LogP contribution in [-0.4, -0.2) is 25.1 Å². The Morgan fingerprint density at radius 2 is 1.84 bits per heavy atom. The Bertz CT molecular complexity index is 388. The van der Waals surface area contributed by atoms with Crippen LogP contribution in [0.15, 0.2) is 24.3 Å². The molecule has 0 fully saturated rings. The molecule has 1 atom stereocenters. The molecule has 106 valence electrons. The fourth-order valence-electron chi connectivity index (χ4n) is 1.61. The fraction of sp³-hybridized carbons (Fsp3) is 0.533. The minimum Gasteiger partial charge on any atom is -0.491 e. The third-order valence-electron chi connectivity index (χ3n) is 2.64. The van der Waals surface area contributed by atoms with Crippen LogP contribution in [0.25, 0.3) is 0 Å². The summed E-state index contributed by atoms with van der Waals surface area (Å²) in [5, 5.41) is 6.06. The molecule has 0 aliphatic heterocycles. The van der Waals surface area contributed by atoms with Crippen LogP contribution in [0.2, 0.25) is 0 Å². The first kappa shape index (κ1) is 15.5. The minimum atomic E-state index is -0.0495. The van der Waals surface area contributed by atoms with Crippen LogP contribution in [0.4, 0.5) is 5.69 Å². The summed E-state index contributed by atoms with van der Waals surface area (Å²) in [7, 11) is 0. The van der Waals surface area contributed by atoms with E-state index in [-0.39, 0.29) is 17.9 Å². The first-order valence-electron chi connectivity index (χ1n) is 6.81. The molecule has 4 heteroatoms. The van der Waals surface area contributed by atoms with Crippen molar-refractivity contribution in [2.45, 2.75) is 33.8 Å². The van der Waals surface area contributed by atoms with Gasteiger partial charge in [-0.2, -0.15) is 0 Å². The van der Waals surface area contributed by atoms with E-state index in [0.717, 1.165) is 18.0 Å². The molecule has 0 saturated heterocycles. The second-order valence-corrected chi connectivity index (χ2v) is 4.89. The third kappa shape index (κ3) is 5.75. The quantitative estimate of drug-likeness (QED) is 0.796. The zero-order chi connectivity index (χ0) is 14.3. The standard InChI is InChI=1S/C15H24N2O2/c1-5-16-10-12(4)15(18)17-13-6-8-14(9-7-13)19-11(2)3/h6-9,11-12,16H,5,10H2,1-4H3,(H,17,18). The van der Waals surface area contributed by atoms with Gasteiger partial charge in [0.15, 0.2) is 0 Å². The molecule has 1 aromatic carbocycles. The van der Waals surface area contributed by atoms with E-state index in [0.29, 0.717) is 6.54 Å². The lowest BCUT2D eigenvalue weighted by molar-refractivity contribution is -0.119. The maximum Gasteiger partial charge on any atom is 0.228 e. The van der Waals surface area contributed by atoms with E-state index >= 15 is 0 Å². The zero-order valence-electron chi connectivity index (χ0n) is 12.2. The summed E-state index contributed by atoms with van der Waals surface area (Å²) in [5.41, 5.74) is 0.796. The van der Waals surface area contributed by atoms with Crippen LogP contribution >= 0.6 is 0 Å². The summed E-state index contributed by atoms with van der Waals surface area (Å²) in [6.45, 7) is 9.47. The van der Waals surface area contributed by atoms with Gasteiger partial charge in [-0.3, -0.25) is 4.79 Å². The van der Waals surface area contributed by atoms with Gasteiger partial charge in [0.2, 0.25) is 5.91 Å². The summed E-state index contributed by atoms with van der Waals surface area (Å²) in [6, 6.07) is 7.44. The SMILES string of the molecule is CCNCC(C)C(=O)Nc1ccc(OC(C)C)cc1. The van der Waals surface area contributed by atoms with Crippen molar-refractivity contribution in [3.63, 3.8) is 0 Å². The smallest absolute Gasteiger partial charge is 0.228 e. The van der Waals surface area contributed by atoms with Crippen LogP contribution < -0.4 is 15.4 Å². The molecule has 1 amide bonds. The predicted octanol–water partition coefficient (Wildman–Crippen LogP) is 2.66. The Morgan fingerprint density at radius 3 is 2.37 bits per heavy atom. The Kier molecular flexibility index (Phi) is 6.36. The highest BCUT2D eigenvalue weighted by Crippen LogP contribution is 2.17. The highest BCUT2D eigenvalue weighted by atomic mass is 16.5. The van der Waals surface area contributed by atoms with E-state index in [9.17, 15) is 4.79 Å². The Hall–Kier alpha value is -1.55. The predicted molar refractivity (Wildman–Crippen MR) is 78.5 cm³/mol. The van der Waals surface area contributed by atoms with Crippen LogP contribution in [0.1, 0.15) is 27.7 Å². The molecule has 0 aliphatic rings. The van der Waals surface area contributed by atoms with Gasteiger partial charge in [-0.25, -0.2) is 0 Å². The van der Waals surface area contributed by atoms with E-state index in [4.69, 9.17) is 4.74 Å². The Labute approximate surface area is 115 Å². The number of hydrogen-bond donors (Lipinski definition) is 2. The molecular weight excluding hydrogens is 240 g/mol. The number of rotatable bonds is 7. The molecule has 1 aromatic rings. The molecule has 0 bridgehead atoms. The van der Waals surface area contributed by atoms with Crippen molar-refractivity contribution >= 4 is 11.6 Å². The lowest BCUT2D eigenvalue weighted by atomic mass is 10.1. The number of benzene rings is 1. The molecule has 19 heavy (non-hydrogen) atoms. The van der Waals surface area contributed by atoms with Gasteiger partial charge >= 0.3 is 0 Å². The average Bonchev–Trinajstić information content (AvgIpc) is 2.37. The van der Waals surface area contributed by atoms with Gasteiger partial charge in [0.05, 0.1) is 6.10 Å². The molecule has 0 saturated carbocycles. The second kappa shape index (κ2) is 7.79. The average molecular weight is 264 g/mol. The number of nitrogens with one attached hydrogen (secondary N) is 2. The largest absolute Gasteiger partial charge is 0.491 e. The van der Waals surface area contributed by atoms with Crippen LogP contribution in [-0.2, 0) is 4.79 Å². The molecule has 2 N–H and O–H groups in total. The Balaban J connectivity index is 2.50. The molecule has 0 spiro atoms. The number of hydrogen-bond acceptors (Lipinski definition) is 3. The third-order valence-corrected chi connectivity index (χ3v) is 2.64. The van der Waals surface area contributed by atoms with Gasteiger partial charge in [-0.1, -0.05) is 13.8 Å². The van der Waals surface area contributed by atoms with Gasteiger partial charge in [0, 0.05) is 18.2 Å². The van der Waals surface area contributed by atoms with Crippen molar-refractivity contribution in [1.82, 2.24) is 5.32 Å². The van der Waals surface area contributed by atoms with E-state index in [1.165, 1.54) is 0 Å². The second-order valence-electron chi connectivity index (χ2n) is 4.89. The number of ether oxygens (including phenoxy) is 1. The van der Waals surface area contributed by atoms with Crippen molar-refractivity contribution in [3.8, 4) is 5.75 Å². The first-order chi connectivity index (χ1) is 9.02. The van der Waals surface area contributed by atoms with Gasteiger partial charge in [0.25, 0.3) is 0 Å². The van der Waals surface area contributed by atoms with Crippen molar-refractivity contribution in [2.24, 2.45) is 5.92 Å². The van der Waals surface area contributed by atoms with E-state index in [2.05, 4.69) is 10.6 Å². The zero-order valence-corrected chi connectivity index (χ0v) is 12.2. The van der Waals surface area contributed by atoms with Crippen LogP contribution in [0.3, 0.4) is 0 Å². The highest BCUT2D eigenvalue weighted by Gasteiger charge is 2.12. The number of carbonyl (C=O) groups is 1. The summed E-state index contributed by atoms with van der Waals surface area (Å²) in [5.74, 6) is 0.790. The molecule has 1 unspecified atom stereocenters. The first-order valence-corrected chi connectivity index (χ1v) is 6.81. The molecule has 0 heterocycles. The van der Waals surface area contributed by atoms with Gasteiger partial charge in [0.1, 0.15) is 5.75 Å². The fourth-order valence-corrected chi connectivity index (χ4v) is 1.61. The molecule has 4 nitrogen and oxygen atoms in total. The number of amides is 1. The number of carbonyl (C=O) groups excluding carboxylic acids is 1. The lowest BCUT2D eigenvalue weighted by Gasteiger charge is -2.13. The molecule has 0 radical (unpaired) electrons. The van der Waals surface area contributed by atoms with Crippen molar-refractivity contribution < 1.29 is 9.53 Å². The normalized spacial score (nSPS) is 12.3. The van der Waals surface area contributed by atoms with Crippen molar-refractivity contribution in [1.29, 1.82) is 0 Å². The molecular formula is C15H24N2O2. The minimum absolute atomic E-state index is 0.0264. The van der Waals surface area contributed by atoms with Gasteiger partial charge in [-0.15, -0.1) is 0 Å². The maximum absolute atomic E-state index is 11.9. The van der Waals surface area contributed by atoms with Crippen molar-refractivity contribution in [2.75, 3.05) is 18.4 Å². The molecule has 1 rings (SSSR count). The molecule has 0 aliphatic carbocycles. The summed E-state index contributed by atoms with van der Waals surface area (Å²) >= 11 is 0. The summed E-state index contributed by atoms with van der Waals surface area (Å²) < 4.78 is 5.55. The lowest BCUT2D eigenvalue weighted by Crippen LogP contribution is -2.30. The van der Waals surface area contributed by atoms with Gasteiger partial charge < -0.3 is 15.4 Å². The molecule has 0 aromatic heterocycles.